The fraction of sp³-hybridized carbons (Fsp3) is 0.900. The van der Waals surface area contributed by atoms with Crippen molar-refractivity contribution in [1.82, 2.24) is 5.32 Å². The zero-order chi connectivity index (χ0) is 43.6. The van der Waals surface area contributed by atoms with Crippen LogP contribution in [0.1, 0.15) is 239 Å². The van der Waals surface area contributed by atoms with Crippen molar-refractivity contribution in [2.24, 2.45) is 0 Å². The summed E-state index contributed by atoms with van der Waals surface area (Å²) in [6.45, 7) is 4.63. The number of aliphatic hydroxyl groups is 1. The van der Waals surface area contributed by atoms with Crippen molar-refractivity contribution in [3.8, 4) is 0 Å². The van der Waals surface area contributed by atoms with Crippen LogP contribution < -0.4 is 10.2 Å². The lowest BCUT2D eigenvalue weighted by Gasteiger charge is -2.29. The molecule has 0 spiro atoms. The third kappa shape index (κ3) is 44.8. The van der Waals surface area contributed by atoms with Crippen LogP contribution >= 0.6 is 7.82 Å². The van der Waals surface area contributed by atoms with Crippen molar-refractivity contribution in [1.29, 1.82) is 0 Å². The smallest absolute Gasteiger partial charge is 0.268 e. The van der Waals surface area contributed by atoms with Crippen LogP contribution in [0.25, 0.3) is 0 Å². The van der Waals surface area contributed by atoms with Crippen molar-refractivity contribution in [3.05, 3.63) is 24.3 Å². The molecule has 0 saturated heterocycles. The van der Waals surface area contributed by atoms with Gasteiger partial charge in [0.25, 0.3) is 7.82 Å². The van der Waals surface area contributed by atoms with Gasteiger partial charge in [-0.15, -0.1) is 0 Å². The third-order valence-corrected chi connectivity index (χ3v) is 12.4. The maximum absolute atomic E-state index is 12.9. The van der Waals surface area contributed by atoms with Crippen molar-refractivity contribution in [2.45, 2.75) is 251 Å². The number of unbranched alkanes of at least 4 members (excludes halogenated alkanes) is 31. The number of hydrogen-bond acceptors (Lipinski definition) is 6. The molecule has 2 N–H and O–H groups in total. The molecule has 3 unspecified atom stereocenters. The predicted octanol–water partition coefficient (Wildman–Crippen LogP) is 13.8. The lowest BCUT2D eigenvalue weighted by atomic mass is 10.0. The Morgan fingerprint density at radius 2 is 0.949 bits per heavy atom. The molecule has 0 aromatic heterocycles. The van der Waals surface area contributed by atoms with Gasteiger partial charge in [0.05, 0.1) is 39.9 Å². The molecule has 0 rings (SSSR count). The number of likely N-dealkylation sites (N-methyl/N-ethyl adjacent to an activating group) is 1. The maximum atomic E-state index is 12.9. The van der Waals surface area contributed by atoms with E-state index in [9.17, 15) is 19.4 Å². The van der Waals surface area contributed by atoms with Crippen LogP contribution in [-0.2, 0) is 18.4 Å². The molecule has 0 aliphatic carbocycles. The van der Waals surface area contributed by atoms with E-state index >= 15 is 0 Å². The average molecular weight is 855 g/mol. The number of aliphatic hydroxyl groups excluding tert-OH is 1. The molecule has 1 amide bonds. The lowest BCUT2D eigenvalue weighted by Crippen LogP contribution is -2.45. The van der Waals surface area contributed by atoms with Gasteiger partial charge in [-0.1, -0.05) is 224 Å². The molecule has 0 aromatic carbocycles. The third-order valence-electron chi connectivity index (χ3n) is 11.4. The minimum absolute atomic E-state index is 0.00424. The molecule has 0 aliphatic rings. The Hall–Kier alpha value is -1.02. The number of carbonyl (C=O) groups is 1. The molecular weight excluding hydrogens is 756 g/mol. The molecular formula is C50H99N2O6P. The molecule has 0 aliphatic heterocycles. The lowest BCUT2D eigenvalue weighted by molar-refractivity contribution is -0.870. The normalized spacial score (nSPS) is 14.4. The monoisotopic (exact) mass is 855 g/mol. The number of phosphoric ester groups is 1. The summed E-state index contributed by atoms with van der Waals surface area (Å²) in [4.78, 5) is 25.3. The van der Waals surface area contributed by atoms with Crippen molar-refractivity contribution < 1.29 is 32.9 Å². The van der Waals surface area contributed by atoms with Gasteiger partial charge < -0.3 is 28.8 Å². The Balaban J connectivity index is 4.17. The van der Waals surface area contributed by atoms with E-state index in [1.54, 1.807) is 6.08 Å². The van der Waals surface area contributed by atoms with Gasteiger partial charge >= 0.3 is 0 Å². The second-order valence-electron chi connectivity index (χ2n) is 18.5. The number of rotatable bonds is 46. The topological polar surface area (TPSA) is 108 Å². The Morgan fingerprint density at radius 3 is 1.37 bits per heavy atom. The molecule has 8 nitrogen and oxygen atoms in total. The van der Waals surface area contributed by atoms with Crippen LogP contribution in [0.4, 0.5) is 0 Å². The van der Waals surface area contributed by atoms with Gasteiger partial charge in [-0.25, -0.2) is 0 Å². The summed E-state index contributed by atoms with van der Waals surface area (Å²) >= 11 is 0. The summed E-state index contributed by atoms with van der Waals surface area (Å²) in [5.41, 5.74) is 0. The van der Waals surface area contributed by atoms with Gasteiger partial charge in [-0.05, 0) is 32.1 Å². The summed E-state index contributed by atoms with van der Waals surface area (Å²) in [6.07, 6.45) is 51.1. The van der Waals surface area contributed by atoms with E-state index in [-0.39, 0.29) is 19.1 Å². The van der Waals surface area contributed by atoms with Crippen molar-refractivity contribution in [2.75, 3.05) is 40.9 Å². The molecule has 59 heavy (non-hydrogen) atoms. The summed E-state index contributed by atoms with van der Waals surface area (Å²) < 4.78 is 23.2. The number of nitrogens with zero attached hydrogens (tertiary/aromatic N) is 1. The second kappa shape index (κ2) is 42.3. The van der Waals surface area contributed by atoms with E-state index in [4.69, 9.17) is 9.05 Å². The second-order valence-corrected chi connectivity index (χ2v) is 19.9. The number of amides is 1. The molecule has 0 aromatic rings. The number of hydrogen-bond donors (Lipinski definition) is 2. The minimum Gasteiger partial charge on any atom is -0.756 e. The summed E-state index contributed by atoms with van der Waals surface area (Å²) in [6, 6.07) is -0.898. The van der Waals surface area contributed by atoms with Crippen LogP contribution in [-0.4, -0.2) is 68.5 Å². The molecule has 0 radical (unpaired) electrons. The van der Waals surface area contributed by atoms with Gasteiger partial charge in [0.15, 0.2) is 0 Å². The molecule has 9 heteroatoms. The highest BCUT2D eigenvalue weighted by Gasteiger charge is 2.23. The highest BCUT2D eigenvalue weighted by molar-refractivity contribution is 7.45. The Morgan fingerprint density at radius 1 is 0.576 bits per heavy atom. The number of quaternary nitrogens is 1. The largest absolute Gasteiger partial charge is 0.756 e. The van der Waals surface area contributed by atoms with Crippen LogP contribution in [0.5, 0.6) is 0 Å². The summed E-state index contributed by atoms with van der Waals surface area (Å²) in [5.74, 6) is -0.204. The molecule has 0 saturated carbocycles. The van der Waals surface area contributed by atoms with Crippen LogP contribution in [0, 0.1) is 0 Å². The van der Waals surface area contributed by atoms with E-state index in [1.807, 2.05) is 27.2 Å². The SMILES string of the molecule is CCCCCCCC/C=C/CC/C=C/C(O)C(COP(=O)([O-])OCC[N+](C)(C)C)NC(=O)CCCCCCCCCCCCCCCCCCCCCCCCCCC. The molecule has 0 heterocycles. The standard InChI is InChI=1S/C50H99N2O6P/c1-6-8-10-12-14-16-18-20-21-22-23-24-25-26-27-28-29-30-31-32-34-36-38-40-42-44-50(54)51-48(47-58-59(55,56)57-46-45-52(3,4)5)49(53)43-41-39-37-35-33-19-17-15-13-11-9-7-2/h33,35,41,43,48-49,53H,6-32,34,36-40,42,44-47H2,1-5H3,(H-,51,54,55,56)/b35-33+,43-41+. The highest BCUT2D eigenvalue weighted by Crippen LogP contribution is 2.38. The first kappa shape index (κ1) is 58.0. The summed E-state index contributed by atoms with van der Waals surface area (Å²) in [7, 11) is 1.25. The van der Waals surface area contributed by atoms with E-state index in [0.29, 0.717) is 17.4 Å². The maximum Gasteiger partial charge on any atom is 0.268 e. The Labute approximate surface area is 366 Å². The molecule has 350 valence electrons. The summed E-state index contributed by atoms with van der Waals surface area (Å²) in [5, 5.41) is 13.8. The first-order valence-corrected chi connectivity index (χ1v) is 26.7. The highest BCUT2D eigenvalue weighted by atomic mass is 31.2. The quantitative estimate of drug-likeness (QED) is 0.0273. The molecule has 3 atom stereocenters. The van der Waals surface area contributed by atoms with Gasteiger partial charge in [-0.3, -0.25) is 9.36 Å². The van der Waals surface area contributed by atoms with Gasteiger partial charge in [0.2, 0.25) is 5.91 Å². The van der Waals surface area contributed by atoms with Gasteiger partial charge in [0, 0.05) is 6.42 Å². The first-order chi connectivity index (χ1) is 28.5. The number of allylic oxidation sites excluding steroid dienone is 3. The number of nitrogens with one attached hydrogen (secondary N) is 1. The fourth-order valence-corrected chi connectivity index (χ4v) is 8.13. The zero-order valence-corrected chi connectivity index (χ0v) is 40.6. The first-order valence-electron chi connectivity index (χ1n) is 25.2. The van der Waals surface area contributed by atoms with Gasteiger partial charge in [0.1, 0.15) is 13.2 Å². The predicted molar refractivity (Wildman–Crippen MR) is 252 cm³/mol. The van der Waals surface area contributed by atoms with E-state index in [2.05, 4.69) is 31.3 Å². The Bertz CT molecular complexity index is 1020. The van der Waals surface area contributed by atoms with Crippen molar-refractivity contribution >= 4 is 13.7 Å². The Kier molecular flexibility index (Phi) is 41.6. The zero-order valence-electron chi connectivity index (χ0n) is 39.7. The van der Waals surface area contributed by atoms with Crippen LogP contribution in [0.15, 0.2) is 24.3 Å². The van der Waals surface area contributed by atoms with E-state index in [1.165, 1.54) is 180 Å². The van der Waals surface area contributed by atoms with Gasteiger partial charge in [-0.2, -0.15) is 0 Å². The average Bonchev–Trinajstić information content (AvgIpc) is 3.19. The van der Waals surface area contributed by atoms with Crippen LogP contribution in [0.2, 0.25) is 0 Å². The van der Waals surface area contributed by atoms with Crippen LogP contribution in [0.3, 0.4) is 0 Å². The number of phosphoric acid groups is 1. The van der Waals surface area contributed by atoms with Crippen molar-refractivity contribution in [3.63, 3.8) is 0 Å². The number of carbonyl (C=O) groups excluding carboxylic acids is 1. The van der Waals surface area contributed by atoms with E-state index in [0.717, 1.165) is 38.5 Å². The fourth-order valence-electron chi connectivity index (χ4n) is 7.41. The van der Waals surface area contributed by atoms with E-state index < -0.39 is 20.0 Å². The molecule has 0 bridgehead atoms. The minimum atomic E-state index is -4.59. The molecule has 0 fully saturated rings.